The molecule has 0 unspecified atom stereocenters. The molecule has 0 radical (unpaired) electrons. The van der Waals surface area contributed by atoms with E-state index in [1.54, 1.807) is 0 Å². The van der Waals surface area contributed by atoms with Gasteiger partial charge in [0.1, 0.15) is 0 Å². The van der Waals surface area contributed by atoms with Gasteiger partial charge >= 0.3 is 6.85 Å². The zero-order valence-electron chi connectivity index (χ0n) is 22.1. The van der Waals surface area contributed by atoms with Gasteiger partial charge in [-0.3, -0.25) is 0 Å². The average Bonchev–Trinajstić information content (AvgIpc) is 3.55. The lowest BCUT2D eigenvalue weighted by molar-refractivity contribution is 1.18. The van der Waals surface area contributed by atoms with Gasteiger partial charge in [-0.1, -0.05) is 97.1 Å². The van der Waals surface area contributed by atoms with Crippen LogP contribution in [-0.2, 0) is 0 Å². The monoisotopic (exact) mass is 516 g/mol. The number of rotatable bonds is 0. The highest BCUT2D eigenvalue weighted by Crippen LogP contribution is 2.44. The maximum atomic E-state index is 2.66. The molecule has 4 heterocycles. The third-order valence-corrected chi connectivity index (χ3v) is 9.85. The lowest BCUT2D eigenvalue weighted by Gasteiger charge is -2.34. The van der Waals surface area contributed by atoms with Crippen molar-refractivity contribution in [1.82, 2.24) is 9.05 Å². The first-order valence-electron chi connectivity index (χ1n) is 14.4. The molecule has 11 rings (SSSR count). The molecule has 0 bridgehead atoms. The van der Waals surface area contributed by atoms with Crippen molar-refractivity contribution < 1.29 is 0 Å². The van der Waals surface area contributed by atoms with Crippen LogP contribution in [0.3, 0.4) is 0 Å². The van der Waals surface area contributed by atoms with Crippen molar-refractivity contribution in [2.75, 3.05) is 0 Å². The Bertz CT molecular complexity index is 2650. The van der Waals surface area contributed by atoms with Gasteiger partial charge in [0.15, 0.2) is 0 Å². The van der Waals surface area contributed by atoms with E-state index in [9.17, 15) is 0 Å². The van der Waals surface area contributed by atoms with Crippen molar-refractivity contribution in [3.8, 4) is 16.8 Å². The molecule has 41 heavy (non-hydrogen) atoms. The zero-order chi connectivity index (χ0) is 26.4. The zero-order valence-corrected chi connectivity index (χ0v) is 22.1. The molecule has 0 saturated heterocycles. The number of hydrogen-bond donors (Lipinski definition) is 0. The van der Waals surface area contributed by atoms with E-state index < -0.39 is 0 Å². The molecule has 0 aliphatic carbocycles. The summed E-state index contributed by atoms with van der Waals surface area (Å²) in [5, 5.41) is 10.5. The molecule has 2 aliphatic heterocycles. The van der Waals surface area contributed by atoms with Crippen LogP contribution < -0.4 is 10.9 Å². The summed E-state index contributed by atoms with van der Waals surface area (Å²) in [6.07, 6.45) is 0. The molecular weight excluding hydrogens is 495 g/mol. The predicted octanol–water partition coefficient (Wildman–Crippen LogP) is 8.15. The normalized spacial score (nSPS) is 13.3. The molecule has 0 N–H and O–H groups in total. The Morgan fingerprint density at radius 1 is 0.415 bits per heavy atom. The van der Waals surface area contributed by atoms with Crippen LogP contribution in [0.25, 0.3) is 82.0 Å². The summed E-state index contributed by atoms with van der Waals surface area (Å²) in [6, 6.07) is 47.8. The highest BCUT2D eigenvalue weighted by molar-refractivity contribution is 6.91. The van der Waals surface area contributed by atoms with Crippen molar-refractivity contribution in [2.45, 2.75) is 0 Å². The van der Waals surface area contributed by atoms with Crippen molar-refractivity contribution in [3.63, 3.8) is 0 Å². The first-order valence-corrected chi connectivity index (χ1v) is 14.4. The number of benzene rings is 7. The molecule has 0 atom stereocenters. The Morgan fingerprint density at radius 2 is 1.12 bits per heavy atom. The summed E-state index contributed by atoms with van der Waals surface area (Å²) < 4.78 is 5.22. The molecule has 3 heteroatoms. The fourth-order valence-corrected chi connectivity index (χ4v) is 8.29. The van der Waals surface area contributed by atoms with Crippen LogP contribution in [-0.4, -0.2) is 15.9 Å². The van der Waals surface area contributed by atoms with Gasteiger partial charge in [0, 0.05) is 43.8 Å². The van der Waals surface area contributed by atoms with Gasteiger partial charge in [-0.25, -0.2) is 0 Å². The Labute approximate surface area is 235 Å². The molecule has 7 aromatic carbocycles. The Balaban J connectivity index is 1.45. The average molecular weight is 516 g/mol. The number of fused-ring (bicyclic) bond motifs is 14. The van der Waals surface area contributed by atoms with E-state index in [0.717, 1.165) is 0 Å². The van der Waals surface area contributed by atoms with Crippen molar-refractivity contribution in [1.29, 1.82) is 0 Å². The first kappa shape index (κ1) is 20.6. The van der Waals surface area contributed by atoms with E-state index in [4.69, 9.17) is 0 Å². The predicted molar refractivity (Wildman–Crippen MR) is 175 cm³/mol. The lowest BCUT2D eigenvalue weighted by atomic mass is 9.45. The molecular formula is C38H21BN2. The second-order valence-corrected chi connectivity index (χ2v) is 11.7. The maximum absolute atomic E-state index is 2.66. The molecule has 2 aliphatic rings. The molecule has 0 spiro atoms. The highest BCUT2D eigenvalue weighted by atomic mass is 15.0. The number of aromatic nitrogens is 2. The number of para-hydroxylation sites is 3. The molecule has 0 fully saturated rings. The van der Waals surface area contributed by atoms with E-state index in [-0.39, 0.29) is 6.85 Å². The summed E-state index contributed by atoms with van der Waals surface area (Å²) in [5.41, 5.74) is 12.1. The topological polar surface area (TPSA) is 9.86 Å². The van der Waals surface area contributed by atoms with Crippen molar-refractivity contribution >= 4 is 82.9 Å². The van der Waals surface area contributed by atoms with Gasteiger partial charge in [0.2, 0.25) is 0 Å². The van der Waals surface area contributed by atoms with E-state index in [1.165, 1.54) is 92.9 Å². The molecule has 2 nitrogen and oxygen atoms in total. The Hall–Kier alpha value is -5.28. The van der Waals surface area contributed by atoms with Gasteiger partial charge in [0.05, 0.1) is 11.0 Å². The minimum absolute atomic E-state index is 0.0719. The molecule has 9 aromatic rings. The van der Waals surface area contributed by atoms with Gasteiger partial charge < -0.3 is 9.05 Å². The number of nitrogens with zero attached hydrogens (tertiary/aromatic N) is 2. The van der Waals surface area contributed by atoms with Gasteiger partial charge in [-0.05, 0) is 68.4 Å². The van der Waals surface area contributed by atoms with Gasteiger partial charge in [-0.15, -0.1) is 0 Å². The van der Waals surface area contributed by atoms with E-state index >= 15 is 0 Å². The number of hydrogen-bond acceptors (Lipinski definition) is 0. The largest absolute Gasteiger partial charge is 0.375 e. The molecule has 0 saturated carbocycles. The lowest BCUT2D eigenvalue weighted by Crippen LogP contribution is -2.55. The van der Waals surface area contributed by atoms with Crippen LogP contribution >= 0.6 is 0 Å². The summed E-state index contributed by atoms with van der Waals surface area (Å²) in [4.78, 5) is 0. The van der Waals surface area contributed by atoms with E-state index in [1.807, 2.05) is 0 Å². The molecule has 0 amide bonds. The third kappa shape index (κ3) is 2.28. The van der Waals surface area contributed by atoms with Crippen LogP contribution in [0.15, 0.2) is 127 Å². The molecule has 186 valence electrons. The molecule has 2 aromatic heterocycles. The minimum Gasteiger partial charge on any atom is -0.375 e. The maximum Gasteiger partial charge on any atom is 0.333 e. The summed E-state index contributed by atoms with van der Waals surface area (Å²) >= 11 is 0. The van der Waals surface area contributed by atoms with Crippen LogP contribution in [0.5, 0.6) is 0 Å². The van der Waals surface area contributed by atoms with Crippen LogP contribution in [0, 0.1) is 0 Å². The minimum atomic E-state index is 0.0719. The fraction of sp³-hybridized carbons (Fsp3) is 0. The van der Waals surface area contributed by atoms with Gasteiger partial charge in [-0.2, -0.15) is 0 Å². The summed E-state index contributed by atoms with van der Waals surface area (Å²) in [6.45, 7) is 0.0719. The van der Waals surface area contributed by atoms with Crippen molar-refractivity contribution in [2.24, 2.45) is 0 Å². The van der Waals surface area contributed by atoms with Gasteiger partial charge in [0.25, 0.3) is 0 Å². The van der Waals surface area contributed by atoms with E-state index in [0.29, 0.717) is 0 Å². The summed E-state index contributed by atoms with van der Waals surface area (Å²) in [5.74, 6) is 0. The summed E-state index contributed by atoms with van der Waals surface area (Å²) in [7, 11) is 0. The Kier molecular flexibility index (Phi) is 3.46. The second-order valence-electron chi connectivity index (χ2n) is 11.7. The first-order chi connectivity index (χ1) is 20.4. The third-order valence-electron chi connectivity index (χ3n) is 9.85. The van der Waals surface area contributed by atoms with E-state index in [2.05, 4.69) is 136 Å². The second kappa shape index (κ2) is 6.89. The SMILES string of the molecule is c1ccc2cc3c4c(ccc3cc2c1)-n1c2ccccc2c2ccc3c(c21)B4n1c2ccccc2c2cccc-3c21. The van der Waals surface area contributed by atoms with Crippen LogP contribution in [0.2, 0.25) is 0 Å². The smallest absolute Gasteiger partial charge is 0.333 e. The quantitative estimate of drug-likeness (QED) is 0.142. The van der Waals surface area contributed by atoms with Crippen LogP contribution in [0.4, 0.5) is 0 Å². The highest BCUT2D eigenvalue weighted by Gasteiger charge is 2.42. The Morgan fingerprint density at radius 3 is 2.00 bits per heavy atom. The van der Waals surface area contributed by atoms with Crippen molar-refractivity contribution in [3.05, 3.63) is 127 Å². The van der Waals surface area contributed by atoms with Crippen LogP contribution in [0.1, 0.15) is 0 Å². The fourth-order valence-electron chi connectivity index (χ4n) is 8.29. The standard InChI is InChI=1S/C38H21BN2/c1-2-9-23-21-31-24(20-22(23)8-1)16-19-34-35(31)39-36-27(17-18-30-25-10-3-5-14-32(25)40(34)38(30)36)29-13-7-12-28-26-11-4-6-15-33(26)41(39)37(28)29/h1-21H.